The Morgan fingerprint density at radius 3 is 2.15 bits per heavy atom. The van der Waals surface area contributed by atoms with Crippen LogP contribution in [0, 0.1) is 11.8 Å². The first-order valence-electron chi connectivity index (χ1n) is 5.19. The molecular weight excluding hydrogens is 164 g/mol. The molecule has 0 N–H and O–H groups in total. The lowest BCUT2D eigenvalue weighted by atomic mass is 10.0. The summed E-state index contributed by atoms with van der Waals surface area (Å²) in [6, 6.07) is 0. The zero-order valence-electron chi connectivity index (χ0n) is 9.46. The first kappa shape index (κ1) is 12.5. The highest BCUT2D eigenvalue weighted by molar-refractivity contribution is 5.71. The van der Waals surface area contributed by atoms with Crippen LogP contribution in [0.1, 0.15) is 47.5 Å². The van der Waals surface area contributed by atoms with Crippen molar-refractivity contribution in [3.8, 4) is 0 Å². The maximum absolute atomic E-state index is 11.2. The van der Waals surface area contributed by atoms with Gasteiger partial charge in [0.2, 0.25) is 0 Å². The summed E-state index contributed by atoms with van der Waals surface area (Å²) < 4.78 is 5.29. The molecule has 0 radical (unpaired) electrons. The Hall–Kier alpha value is -0.530. The van der Waals surface area contributed by atoms with Gasteiger partial charge in [-0.2, -0.15) is 0 Å². The summed E-state index contributed by atoms with van der Waals surface area (Å²) in [6.45, 7) is 9.97. The molecule has 0 rings (SSSR count). The molecule has 2 heteroatoms. The lowest BCUT2D eigenvalue weighted by Crippen LogP contribution is -2.24. The van der Waals surface area contributed by atoms with Crippen LogP contribution in [0.15, 0.2) is 0 Å². The maximum atomic E-state index is 11.2. The molecule has 0 aromatic carbocycles. The van der Waals surface area contributed by atoms with Gasteiger partial charge in [0.25, 0.3) is 0 Å². The normalized spacial score (nSPS) is 15.5. The Kier molecular flexibility index (Phi) is 5.76. The predicted molar refractivity (Wildman–Crippen MR) is 54.5 cm³/mol. The van der Waals surface area contributed by atoms with Crippen LogP contribution >= 0.6 is 0 Å². The van der Waals surface area contributed by atoms with Crippen molar-refractivity contribution in [2.45, 2.75) is 53.6 Å². The van der Waals surface area contributed by atoms with Crippen LogP contribution in [0.5, 0.6) is 0 Å². The Labute approximate surface area is 81.7 Å². The van der Waals surface area contributed by atoms with Gasteiger partial charge in [0.05, 0.1) is 5.92 Å². The van der Waals surface area contributed by atoms with Gasteiger partial charge >= 0.3 is 5.97 Å². The monoisotopic (exact) mass is 186 g/mol. The van der Waals surface area contributed by atoms with Crippen molar-refractivity contribution in [2.75, 3.05) is 0 Å². The third kappa shape index (κ3) is 4.91. The van der Waals surface area contributed by atoms with Crippen LogP contribution < -0.4 is 0 Å². The summed E-state index contributed by atoms with van der Waals surface area (Å²) in [4.78, 5) is 11.2. The van der Waals surface area contributed by atoms with Gasteiger partial charge < -0.3 is 4.74 Å². The maximum Gasteiger partial charge on any atom is 0.308 e. The summed E-state index contributed by atoms with van der Waals surface area (Å²) in [7, 11) is 0. The highest BCUT2D eigenvalue weighted by Gasteiger charge is 2.17. The number of ether oxygens (including phenoxy) is 1. The van der Waals surface area contributed by atoms with Crippen molar-refractivity contribution in [3.05, 3.63) is 0 Å². The van der Waals surface area contributed by atoms with Crippen LogP contribution in [0.4, 0.5) is 0 Å². The standard InChI is InChI=1S/C11H22O2/c1-6-7-9(4)10(5)13-11(12)8(2)3/h8-10H,6-7H2,1-5H3. The largest absolute Gasteiger partial charge is 0.462 e. The van der Waals surface area contributed by atoms with E-state index in [4.69, 9.17) is 4.74 Å². The molecule has 0 bridgehead atoms. The summed E-state index contributed by atoms with van der Waals surface area (Å²) in [5.41, 5.74) is 0. The predicted octanol–water partition coefficient (Wildman–Crippen LogP) is 3.01. The molecule has 0 aliphatic rings. The lowest BCUT2D eigenvalue weighted by molar-refractivity contribution is -0.154. The molecule has 0 aromatic rings. The van der Waals surface area contributed by atoms with Crippen molar-refractivity contribution in [1.29, 1.82) is 0 Å². The van der Waals surface area contributed by atoms with E-state index in [1.165, 1.54) is 0 Å². The van der Waals surface area contributed by atoms with E-state index >= 15 is 0 Å². The van der Waals surface area contributed by atoms with Gasteiger partial charge in [-0.25, -0.2) is 0 Å². The van der Waals surface area contributed by atoms with Gasteiger partial charge in [-0.1, -0.05) is 34.1 Å². The molecule has 0 spiro atoms. The molecule has 0 aromatic heterocycles. The fraction of sp³-hybridized carbons (Fsp3) is 0.909. The van der Waals surface area contributed by atoms with Crippen LogP contribution in [0.3, 0.4) is 0 Å². The number of hydrogen-bond donors (Lipinski definition) is 0. The second-order valence-electron chi connectivity index (χ2n) is 4.06. The van der Waals surface area contributed by atoms with E-state index in [9.17, 15) is 4.79 Å². The molecule has 0 saturated heterocycles. The molecule has 2 nitrogen and oxygen atoms in total. The minimum absolute atomic E-state index is 0.0173. The quantitative estimate of drug-likeness (QED) is 0.617. The number of carbonyl (C=O) groups is 1. The summed E-state index contributed by atoms with van der Waals surface area (Å²) >= 11 is 0. The molecule has 0 saturated carbocycles. The third-order valence-electron chi connectivity index (χ3n) is 2.32. The summed E-state index contributed by atoms with van der Waals surface area (Å²) in [5.74, 6) is 0.361. The van der Waals surface area contributed by atoms with Crippen LogP contribution in [0.2, 0.25) is 0 Å². The summed E-state index contributed by atoms with van der Waals surface area (Å²) in [5, 5.41) is 0. The highest BCUT2D eigenvalue weighted by Crippen LogP contribution is 2.14. The van der Waals surface area contributed by atoms with Crippen LogP contribution in [0.25, 0.3) is 0 Å². The average molecular weight is 186 g/mol. The molecule has 78 valence electrons. The minimum atomic E-state index is -0.0875. The van der Waals surface area contributed by atoms with Crippen molar-refractivity contribution in [1.82, 2.24) is 0 Å². The van der Waals surface area contributed by atoms with Gasteiger partial charge in [-0.05, 0) is 19.3 Å². The Balaban J connectivity index is 3.85. The second kappa shape index (κ2) is 6.01. The molecular formula is C11H22O2. The van der Waals surface area contributed by atoms with Gasteiger partial charge in [0.15, 0.2) is 0 Å². The first-order chi connectivity index (χ1) is 5.99. The van der Waals surface area contributed by atoms with Gasteiger partial charge in [0.1, 0.15) is 6.10 Å². The number of carbonyl (C=O) groups excluding carboxylic acids is 1. The lowest BCUT2D eigenvalue weighted by Gasteiger charge is -2.20. The topological polar surface area (TPSA) is 26.3 Å². The zero-order valence-corrected chi connectivity index (χ0v) is 9.46. The zero-order chi connectivity index (χ0) is 10.4. The van der Waals surface area contributed by atoms with Crippen molar-refractivity contribution in [3.63, 3.8) is 0 Å². The van der Waals surface area contributed by atoms with Gasteiger partial charge in [-0.3, -0.25) is 4.79 Å². The SMILES string of the molecule is CCCC(C)C(C)OC(=O)C(C)C. The summed E-state index contributed by atoms with van der Waals surface area (Å²) in [6.07, 6.45) is 2.31. The van der Waals surface area contributed by atoms with Gasteiger partial charge in [-0.15, -0.1) is 0 Å². The molecule has 2 unspecified atom stereocenters. The molecule has 13 heavy (non-hydrogen) atoms. The molecule has 2 atom stereocenters. The Morgan fingerprint density at radius 1 is 1.23 bits per heavy atom. The minimum Gasteiger partial charge on any atom is -0.462 e. The highest BCUT2D eigenvalue weighted by atomic mass is 16.5. The molecule has 0 aliphatic carbocycles. The number of rotatable bonds is 5. The number of esters is 1. The van der Waals surface area contributed by atoms with E-state index in [1.807, 2.05) is 20.8 Å². The Bertz CT molecular complexity index is 152. The number of hydrogen-bond acceptors (Lipinski definition) is 2. The van der Waals surface area contributed by atoms with Crippen molar-refractivity contribution < 1.29 is 9.53 Å². The van der Waals surface area contributed by atoms with Gasteiger partial charge in [0, 0.05) is 0 Å². The van der Waals surface area contributed by atoms with E-state index < -0.39 is 0 Å². The van der Waals surface area contributed by atoms with Crippen LogP contribution in [-0.4, -0.2) is 12.1 Å². The molecule has 0 fully saturated rings. The molecule has 0 amide bonds. The van der Waals surface area contributed by atoms with E-state index in [1.54, 1.807) is 0 Å². The van der Waals surface area contributed by atoms with E-state index in [2.05, 4.69) is 13.8 Å². The second-order valence-corrected chi connectivity index (χ2v) is 4.06. The molecule has 0 heterocycles. The first-order valence-corrected chi connectivity index (χ1v) is 5.19. The molecule has 0 aliphatic heterocycles. The average Bonchev–Trinajstić information content (AvgIpc) is 2.04. The Morgan fingerprint density at radius 2 is 1.77 bits per heavy atom. The van der Waals surface area contributed by atoms with Crippen molar-refractivity contribution >= 4 is 5.97 Å². The third-order valence-corrected chi connectivity index (χ3v) is 2.32. The smallest absolute Gasteiger partial charge is 0.308 e. The van der Waals surface area contributed by atoms with E-state index in [-0.39, 0.29) is 18.0 Å². The fourth-order valence-electron chi connectivity index (χ4n) is 1.13. The van der Waals surface area contributed by atoms with E-state index in [0.29, 0.717) is 5.92 Å². The van der Waals surface area contributed by atoms with E-state index in [0.717, 1.165) is 12.8 Å². The fourth-order valence-corrected chi connectivity index (χ4v) is 1.13. The van der Waals surface area contributed by atoms with Crippen LogP contribution in [-0.2, 0) is 9.53 Å². The van der Waals surface area contributed by atoms with Crippen molar-refractivity contribution in [2.24, 2.45) is 11.8 Å².